The maximum absolute atomic E-state index is 11.2. The number of unbranched alkanes of at least 4 members (excludes halogenated alkanes) is 14. The van der Waals surface area contributed by atoms with Crippen molar-refractivity contribution in [1.29, 1.82) is 0 Å². The number of aromatic carboxylic acids is 1. The van der Waals surface area contributed by atoms with Crippen LogP contribution in [0.3, 0.4) is 0 Å². The Morgan fingerprint density at radius 2 is 1.34 bits per heavy atom. The number of nitrogens with zero attached hydrogens (tertiary/aromatic N) is 1. The van der Waals surface area contributed by atoms with Gasteiger partial charge in [0.05, 0.1) is 10.8 Å². The third-order valence-electron chi connectivity index (χ3n) is 6.80. The molecule has 5 nitrogen and oxygen atoms in total. The second-order valence-corrected chi connectivity index (χ2v) is 11.0. The average Bonchev–Trinajstić information content (AvgIpc) is 3.19. The van der Waals surface area contributed by atoms with Gasteiger partial charge in [0.1, 0.15) is 0 Å². The average molecular weight is 550 g/mol. The van der Waals surface area contributed by atoms with Gasteiger partial charge in [-0.3, -0.25) is 4.99 Å². The van der Waals surface area contributed by atoms with E-state index in [0.29, 0.717) is 5.56 Å². The van der Waals surface area contributed by atoms with Gasteiger partial charge in [0.25, 0.3) is 0 Å². The number of benzene rings is 1. The van der Waals surface area contributed by atoms with Crippen LogP contribution in [0, 0.1) is 0 Å². The van der Waals surface area contributed by atoms with Gasteiger partial charge in [0.15, 0.2) is 0 Å². The molecule has 2 aromatic rings. The van der Waals surface area contributed by atoms with Crippen LogP contribution in [-0.2, 0) is 4.79 Å². The quantitative estimate of drug-likeness (QED) is 0.162. The summed E-state index contributed by atoms with van der Waals surface area (Å²) in [5, 5.41) is 22.4. The monoisotopic (exact) mass is 549 g/mol. The van der Waals surface area contributed by atoms with Crippen LogP contribution in [0.5, 0.6) is 0 Å². The van der Waals surface area contributed by atoms with Crippen LogP contribution in [0.25, 0.3) is 16.2 Å². The number of carbonyl (C=O) groups is 2. The molecular formula is C31H43MgNO4S. The molecule has 2 heterocycles. The van der Waals surface area contributed by atoms with E-state index in [4.69, 9.17) is 0 Å². The first-order chi connectivity index (χ1) is 18.0. The minimum Gasteiger partial charge on any atom is -0.550 e. The van der Waals surface area contributed by atoms with Crippen LogP contribution in [0.4, 0.5) is 0 Å². The van der Waals surface area contributed by atoms with Crippen molar-refractivity contribution < 1.29 is 19.8 Å². The number of aliphatic carboxylic acids is 1. The molecule has 0 saturated carbocycles. The van der Waals surface area contributed by atoms with E-state index in [1.165, 1.54) is 94.8 Å². The van der Waals surface area contributed by atoms with Crippen molar-refractivity contribution >= 4 is 68.2 Å². The van der Waals surface area contributed by atoms with Crippen molar-refractivity contribution in [2.24, 2.45) is 4.99 Å². The van der Waals surface area contributed by atoms with Crippen LogP contribution in [0.2, 0.25) is 0 Å². The van der Waals surface area contributed by atoms with Gasteiger partial charge in [0, 0.05) is 33.5 Å². The summed E-state index contributed by atoms with van der Waals surface area (Å²) in [6, 6.07) is 5.80. The van der Waals surface area contributed by atoms with E-state index in [1.54, 1.807) is 6.20 Å². The zero-order valence-electron chi connectivity index (χ0n) is 23.4. The predicted octanol–water partition coefficient (Wildman–Crippen LogP) is 6.68. The maximum Gasteiger partial charge on any atom is 2.00 e. The number of thiophene rings is 1. The first-order valence-electron chi connectivity index (χ1n) is 14.1. The largest absolute Gasteiger partial charge is 2.00 e. The SMILES string of the molecule is CC1=NC=Cc2cccc3sc(C(=O)[O-])c1c23.CCCCCCCCCCCCCCCCCC(=O)[O-].[Mg+2]. The van der Waals surface area contributed by atoms with Crippen LogP contribution in [0.15, 0.2) is 29.4 Å². The number of rotatable bonds is 17. The number of hydrogen-bond donors (Lipinski definition) is 0. The molecule has 0 fully saturated rings. The van der Waals surface area contributed by atoms with Gasteiger partial charge >= 0.3 is 23.1 Å². The summed E-state index contributed by atoms with van der Waals surface area (Å²) in [6.07, 6.45) is 23.5. The van der Waals surface area contributed by atoms with Crippen LogP contribution < -0.4 is 10.2 Å². The number of carboxylic acid groups (broad SMARTS) is 2. The zero-order valence-corrected chi connectivity index (χ0v) is 25.6. The molecule has 1 aromatic carbocycles. The van der Waals surface area contributed by atoms with Gasteiger partial charge in [-0.25, -0.2) is 0 Å². The number of carbonyl (C=O) groups excluding carboxylic acids is 2. The Kier molecular flexibility index (Phi) is 18.3. The Morgan fingerprint density at radius 1 is 0.816 bits per heavy atom. The maximum atomic E-state index is 11.2. The molecule has 3 rings (SSSR count). The minimum absolute atomic E-state index is 0. The molecule has 1 aliphatic rings. The smallest absolute Gasteiger partial charge is 0.550 e. The van der Waals surface area contributed by atoms with Crippen molar-refractivity contribution in [3.63, 3.8) is 0 Å². The van der Waals surface area contributed by atoms with Gasteiger partial charge in [-0.1, -0.05) is 109 Å². The van der Waals surface area contributed by atoms with Gasteiger partial charge < -0.3 is 19.8 Å². The van der Waals surface area contributed by atoms with E-state index >= 15 is 0 Å². The number of aliphatic imine (C=N–C) groups is 1. The van der Waals surface area contributed by atoms with Gasteiger partial charge in [-0.2, -0.15) is 0 Å². The molecule has 0 N–H and O–H groups in total. The topological polar surface area (TPSA) is 92.6 Å². The molecule has 0 amide bonds. The van der Waals surface area contributed by atoms with E-state index in [9.17, 15) is 19.8 Å². The Bertz CT molecular complexity index is 1040. The predicted molar refractivity (Wildman–Crippen MR) is 158 cm³/mol. The van der Waals surface area contributed by atoms with Crippen molar-refractivity contribution in [2.45, 2.75) is 117 Å². The molecule has 204 valence electrons. The molecule has 1 aromatic heterocycles. The molecule has 0 aliphatic carbocycles. The van der Waals surface area contributed by atoms with E-state index < -0.39 is 11.9 Å². The number of carboxylic acids is 2. The second kappa shape index (κ2) is 20.2. The fourth-order valence-corrected chi connectivity index (χ4v) is 5.86. The molecule has 0 unspecified atom stereocenters. The summed E-state index contributed by atoms with van der Waals surface area (Å²) in [7, 11) is 0. The van der Waals surface area contributed by atoms with Gasteiger partial charge in [-0.15, -0.1) is 11.3 Å². The molecule has 0 spiro atoms. The summed E-state index contributed by atoms with van der Waals surface area (Å²) in [5.41, 5.74) is 2.42. The van der Waals surface area contributed by atoms with Crippen LogP contribution >= 0.6 is 11.3 Å². The summed E-state index contributed by atoms with van der Waals surface area (Å²) in [4.78, 5) is 25.9. The Balaban J connectivity index is 0.000000372. The van der Waals surface area contributed by atoms with Crippen LogP contribution in [-0.4, -0.2) is 40.7 Å². The Morgan fingerprint density at radius 3 is 1.84 bits per heavy atom. The first kappa shape index (κ1) is 34.3. The Labute approximate surface area is 249 Å². The molecule has 1 aliphatic heterocycles. The minimum atomic E-state index is -1.14. The summed E-state index contributed by atoms with van der Waals surface area (Å²) in [5.74, 6) is -2.04. The normalized spacial score (nSPS) is 11.8. The molecule has 0 bridgehead atoms. The van der Waals surface area contributed by atoms with E-state index in [1.807, 2.05) is 31.2 Å². The third-order valence-corrected chi connectivity index (χ3v) is 7.94. The summed E-state index contributed by atoms with van der Waals surface area (Å²) >= 11 is 1.25. The fraction of sp³-hybridized carbons (Fsp3) is 0.581. The van der Waals surface area contributed by atoms with Gasteiger partial charge in [0.2, 0.25) is 0 Å². The fourth-order valence-electron chi connectivity index (χ4n) is 4.74. The second-order valence-electron chi connectivity index (χ2n) is 9.92. The van der Waals surface area contributed by atoms with Crippen molar-refractivity contribution in [2.75, 3.05) is 0 Å². The Hall–Kier alpha value is -1.70. The van der Waals surface area contributed by atoms with E-state index in [-0.39, 0.29) is 34.4 Å². The summed E-state index contributed by atoms with van der Waals surface area (Å²) < 4.78 is 0.956. The number of hydrogen-bond acceptors (Lipinski definition) is 6. The van der Waals surface area contributed by atoms with Crippen LogP contribution in [0.1, 0.15) is 137 Å². The molecule has 38 heavy (non-hydrogen) atoms. The zero-order chi connectivity index (χ0) is 26.9. The van der Waals surface area contributed by atoms with Crippen molar-refractivity contribution in [3.05, 3.63) is 40.4 Å². The first-order valence-corrected chi connectivity index (χ1v) is 14.9. The van der Waals surface area contributed by atoms with Crippen molar-refractivity contribution in [3.8, 4) is 0 Å². The summed E-state index contributed by atoms with van der Waals surface area (Å²) in [6.45, 7) is 4.09. The third kappa shape index (κ3) is 12.4. The molecule has 0 atom stereocenters. The van der Waals surface area contributed by atoms with E-state index in [2.05, 4.69) is 11.9 Å². The molecule has 0 radical (unpaired) electrons. The molecular weight excluding hydrogens is 507 g/mol. The van der Waals surface area contributed by atoms with E-state index in [0.717, 1.165) is 34.2 Å². The standard InChI is InChI=1S/C18H36O2.C13H9NO2S.Mg/c1-2-3-4-5-6-7-8-9-10-11-12-13-14-15-16-17-18(19)20;1-7-10-11-8(5-6-14-7)3-2-4-9(11)17-12(10)13(15)16;/h2-17H2,1H3,(H,19,20);2-6H,1H3,(H,15,16);/q;;+2/p-2. The molecule has 0 saturated heterocycles. The molecule has 7 heteroatoms. The van der Waals surface area contributed by atoms with Crippen molar-refractivity contribution in [1.82, 2.24) is 0 Å². The van der Waals surface area contributed by atoms with Gasteiger partial charge in [-0.05, 0) is 37.5 Å².